The lowest BCUT2D eigenvalue weighted by Gasteiger charge is -2.27. The summed E-state index contributed by atoms with van der Waals surface area (Å²) in [4.78, 5) is 2.24. The van der Waals surface area contributed by atoms with Crippen molar-refractivity contribution in [3.8, 4) is 17.2 Å². The standard InChI is InChI=1S/C15H21NO4/c1-16(8-11-2-4-18-5-3-11)9-12-6-14-15(7-13(12)17)20-10-19-14/h6-7,11,17H,2-5,8-10H2,1H3. The van der Waals surface area contributed by atoms with Gasteiger partial charge in [-0.3, -0.25) is 0 Å². The predicted molar refractivity (Wildman–Crippen MR) is 74.1 cm³/mol. The molecule has 0 bridgehead atoms. The highest BCUT2D eigenvalue weighted by molar-refractivity contribution is 5.51. The molecule has 2 heterocycles. The van der Waals surface area contributed by atoms with E-state index in [0.29, 0.717) is 18.2 Å². The van der Waals surface area contributed by atoms with Crippen molar-refractivity contribution in [2.24, 2.45) is 5.92 Å². The minimum absolute atomic E-state index is 0.232. The lowest BCUT2D eigenvalue weighted by atomic mass is 9.99. The number of hydrogen-bond donors (Lipinski definition) is 1. The Balaban J connectivity index is 1.62. The van der Waals surface area contributed by atoms with E-state index in [9.17, 15) is 5.11 Å². The number of nitrogens with zero attached hydrogens (tertiary/aromatic N) is 1. The fourth-order valence-corrected chi connectivity index (χ4v) is 2.83. The maximum Gasteiger partial charge on any atom is 0.231 e. The van der Waals surface area contributed by atoms with Crippen LogP contribution in [0, 0.1) is 5.92 Å². The van der Waals surface area contributed by atoms with Gasteiger partial charge in [0.25, 0.3) is 0 Å². The van der Waals surface area contributed by atoms with Crippen LogP contribution in [0.25, 0.3) is 0 Å². The highest BCUT2D eigenvalue weighted by Gasteiger charge is 2.19. The summed E-state index contributed by atoms with van der Waals surface area (Å²) in [5.74, 6) is 2.30. The van der Waals surface area contributed by atoms with E-state index in [2.05, 4.69) is 11.9 Å². The number of benzene rings is 1. The number of aromatic hydroxyl groups is 1. The molecule has 2 aliphatic rings. The average Bonchev–Trinajstić information content (AvgIpc) is 2.87. The van der Waals surface area contributed by atoms with Crippen molar-refractivity contribution in [1.82, 2.24) is 4.90 Å². The number of rotatable bonds is 4. The van der Waals surface area contributed by atoms with E-state index in [1.165, 1.54) is 0 Å². The van der Waals surface area contributed by atoms with Crippen LogP contribution >= 0.6 is 0 Å². The number of ether oxygens (including phenoxy) is 3. The third-order valence-corrected chi connectivity index (χ3v) is 3.92. The molecular formula is C15H21NO4. The Morgan fingerprint density at radius 1 is 1.20 bits per heavy atom. The third kappa shape index (κ3) is 2.99. The first-order chi connectivity index (χ1) is 9.72. The first kappa shape index (κ1) is 13.5. The van der Waals surface area contributed by atoms with Gasteiger partial charge in [-0.2, -0.15) is 0 Å². The van der Waals surface area contributed by atoms with Crippen LogP contribution in [0.4, 0.5) is 0 Å². The fraction of sp³-hybridized carbons (Fsp3) is 0.600. The van der Waals surface area contributed by atoms with Crippen LogP contribution in [0.1, 0.15) is 18.4 Å². The van der Waals surface area contributed by atoms with Crippen LogP contribution in [0.2, 0.25) is 0 Å². The highest BCUT2D eigenvalue weighted by Crippen LogP contribution is 2.38. The van der Waals surface area contributed by atoms with Crippen molar-refractivity contribution in [2.45, 2.75) is 19.4 Å². The van der Waals surface area contributed by atoms with Gasteiger partial charge in [-0.15, -0.1) is 0 Å². The molecule has 20 heavy (non-hydrogen) atoms. The van der Waals surface area contributed by atoms with Crippen molar-refractivity contribution in [1.29, 1.82) is 0 Å². The van der Waals surface area contributed by atoms with Gasteiger partial charge < -0.3 is 24.2 Å². The molecule has 1 aromatic rings. The Morgan fingerprint density at radius 2 is 1.90 bits per heavy atom. The van der Waals surface area contributed by atoms with E-state index in [1.807, 2.05) is 6.07 Å². The summed E-state index contributed by atoms with van der Waals surface area (Å²) in [6, 6.07) is 3.51. The molecule has 0 spiro atoms. The zero-order valence-corrected chi connectivity index (χ0v) is 11.8. The van der Waals surface area contributed by atoms with Crippen molar-refractivity contribution < 1.29 is 19.3 Å². The zero-order valence-electron chi connectivity index (χ0n) is 11.8. The normalized spacial score (nSPS) is 18.7. The Bertz CT molecular complexity index is 471. The van der Waals surface area contributed by atoms with Gasteiger partial charge in [-0.1, -0.05) is 0 Å². The molecular weight excluding hydrogens is 258 g/mol. The van der Waals surface area contributed by atoms with Crippen LogP contribution in [0.15, 0.2) is 12.1 Å². The minimum Gasteiger partial charge on any atom is -0.507 e. The van der Waals surface area contributed by atoms with Gasteiger partial charge in [-0.05, 0) is 31.9 Å². The molecule has 3 rings (SSSR count). The van der Waals surface area contributed by atoms with E-state index in [-0.39, 0.29) is 12.5 Å². The second kappa shape index (κ2) is 5.89. The molecule has 0 unspecified atom stereocenters. The monoisotopic (exact) mass is 279 g/mol. The smallest absolute Gasteiger partial charge is 0.231 e. The largest absolute Gasteiger partial charge is 0.507 e. The van der Waals surface area contributed by atoms with Crippen molar-refractivity contribution >= 4 is 0 Å². The van der Waals surface area contributed by atoms with Gasteiger partial charge in [0.05, 0.1) is 0 Å². The summed E-state index contributed by atoms with van der Waals surface area (Å²) < 4.78 is 16.0. The second-order valence-corrected chi connectivity index (χ2v) is 5.59. The summed E-state index contributed by atoms with van der Waals surface area (Å²) in [5.41, 5.74) is 0.879. The number of phenols is 1. The predicted octanol–water partition coefficient (Wildman–Crippen LogP) is 1.98. The van der Waals surface area contributed by atoms with E-state index < -0.39 is 0 Å². The number of fused-ring (bicyclic) bond motifs is 1. The molecule has 1 aromatic carbocycles. The van der Waals surface area contributed by atoms with Crippen molar-refractivity contribution in [3.05, 3.63) is 17.7 Å². The molecule has 2 aliphatic heterocycles. The quantitative estimate of drug-likeness (QED) is 0.913. The lowest BCUT2D eigenvalue weighted by Crippen LogP contribution is -2.29. The summed E-state index contributed by atoms with van der Waals surface area (Å²) in [6.45, 7) is 3.70. The molecule has 0 atom stereocenters. The van der Waals surface area contributed by atoms with Gasteiger partial charge >= 0.3 is 0 Å². The first-order valence-corrected chi connectivity index (χ1v) is 7.10. The van der Waals surface area contributed by atoms with Crippen molar-refractivity contribution in [2.75, 3.05) is 33.6 Å². The molecule has 5 heteroatoms. The van der Waals surface area contributed by atoms with Crippen LogP contribution in [0.5, 0.6) is 17.2 Å². The Labute approximate surface area is 119 Å². The summed E-state index contributed by atoms with van der Waals surface area (Å²) >= 11 is 0. The number of phenolic OH excluding ortho intramolecular Hbond substituents is 1. The molecule has 0 radical (unpaired) electrons. The Kier molecular flexibility index (Phi) is 3.98. The zero-order chi connectivity index (χ0) is 13.9. The summed E-state index contributed by atoms with van der Waals surface area (Å²) in [6.07, 6.45) is 2.24. The molecule has 0 saturated carbocycles. The van der Waals surface area contributed by atoms with E-state index in [4.69, 9.17) is 14.2 Å². The molecule has 0 aliphatic carbocycles. The van der Waals surface area contributed by atoms with Crippen LogP contribution in [0.3, 0.4) is 0 Å². The summed E-state index contributed by atoms with van der Waals surface area (Å²) in [5, 5.41) is 10.0. The molecule has 1 fully saturated rings. The van der Waals surface area contributed by atoms with Gasteiger partial charge in [0.1, 0.15) is 5.75 Å². The topological polar surface area (TPSA) is 51.2 Å². The van der Waals surface area contributed by atoms with Crippen LogP contribution < -0.4 is 9.47 Å². The maximum atomic E-state index is 10.0. The van der Waals surface area contributed by atoms with Gasteiger partial charge in [-0.25, -0.2) is 0 Å². The van der Waals surface area contributed by atoms with E-state index >= 15 is 0 Å². The minimum atomic E-state index is 0.232. The van der Waals surface area contributed by atoms with Crippen LogP contribution in [-0.2, 0) is 11.3 Å². The highest BCUT2D eigenvalue weighted by atomic mass is 16.7. The molecule has 0 aromatic heterocycles. The van der Waals surface area contributed by atoms with Gasteiger partial charge in [0.15, 0.2) is 11.5 Å². The fourth-order valence-electron chi connectivity index (χ4n) is 2.83. The SMILES string of the molecule is CN(Cc1cc2c(cc1O)OCO2)CC1CCOCC1. The molecule has 0 amide bonds. The molecule has 110 valence electrons. The Morgan fingerprint density at radius 3 is 2.65 bits per heavy atom. The first-order valence-electron chi connectivity index (χ1n) is 7.10. The number of hydrogen-bond acceptors (Lipinski definition) is 5. The lowest BCUT2D eigenvalue weighted by molar-refractivity contribution is 0.0549. The maximum absolute atomic E-state index is 10.0. The summed E-state index contributed by atoms with van der Waals surface area (Å²) in [7, 11) is 2.08. The van der Waals surface area contributed by atoms with Gasteiger partial charge in [0.2, 0.25) is 6.79 Å². The van der Waals surface area contributed by atoms with Crippen LogP contribution in [-0.4, -0.2) is 43.6 Å². The molecule has 5 nitrogen and oxygen atoms in total. The Hall–Kier alpha value is -1.46. The van der Waals surface area contributed by atoms with Crippen molar-refractivity contribution in [3.63, 3.8) is 0 Å². The molecule has 1 N–H and O–H groups in total. The van der Waals surface area contributed by atoms with E-state index in [0.717, 1.165) is 43.9 Å². The average molecular weight is 279 g/mol. The third-order valence-electron chi connectivity index (χ3n) is 3.92. The second-order valence-electron chi connectivity index (χ2n) is 5.59. The molecule has 1 saturated heterocycles. The van der Waals surface area contributed by atoms with E-state index in [1.54, 1.807) is 6.07 Å². The van der Waals surface area contributed by atoms with Gasteiger partial charge in [0, 0.05) is 37.9 Å².